The standard InChI is InChI=1S/C12H13NO/c13-11-6-12(11)4-3-9-5-8(7-14)1-2-10(9)12/h1-2,5,7,11H,3-4,6,13H2. The van der Waals surface area contributed by atoms with E-state index >= 15 is 0 Å². The fourth-order valence-corrected chi connectivity index (χ4v) is 2.80. The highest BCUT2D eigenvalue weighted by atomic mass is 16.1. The van der Waals surface area contributed by atoms with Crippen molar-refractivity contribution in [2.45, 2.75) is 30.7 Å². The lowest BCUT2D eigenvalue weighted by Crippen LogP contribution is -2.15. The fourth-order valence-electron chi connectivity index (χ4n) is 2.80. The summed E-state index contributed by atoms with van der Waals surface area (Å²) in [4.78, 5) is 10.6. The number of nitrogens with two attached hydrogens (primary N) is 1. The summed E-state index contributed by atoms with van der Waals surface area (Å²) in [6, 6.07) is 6.37. The molecule has 1 aromatic carbocycles. The lowest BCUT2D eigenvalue weighted by molar-refractivity contribution is 0.112. The summed E-state index contributed by atoms with van der Waals surface area (Å²) in [5, 5.41) is 0. The molecule has 0 bridgehead atoms. The summed E-state index contributed by atoms with van der Waals surface area (Å²) in [5.74, 6) is 0. The number of benzene rings is 1. The smallest absolute Gasteiger partial charge is 0.150 e. The van der Waals surface area contributed by atoms with Gasteiger partial charge in [0.05, 0.1) is 0 Å². The van der Waals surface area contributed by atoms with E-state index in [4.69, 9.17) is 5.73 Å². The van der Waals surface area contributed by atoms with Crippen LogP contribution < -0.4 is 5.73 Å². The van der Waals surface area contributed by atoms with E-state index in [1.807, 2.05) is 12.1 Å². The maximum absolute atomic E-state index is 10.6. The number of hydrogen-bond donors (Lipinski definition) is 1. The Labute approximate surface area is 83.1 Å². The summed E-state index contributed by atoms with van der Waals surface area (Å²) >= 11 is 0. The van der Waals surface area contributed by atoms with Gasteiger partial charge in [-0.2, -0.15) is 0 Å². The Morgan fingerprint density at radius 1 is 1.50 bits per heavy atom. The van der Waals surface area contributed by atoms with Gasteiger partial charge in [0.1, 0.15) is 6.29 Å². The van der Waals surface area contributed by atoms with Crippen LogP contribution in [-0.4, -0.2) is 12.3 Å². The second-order valence-corrected chi connectivity index (χ2v) is 4.50. The third-order valence-corrected chi connectivity index (χ3v) is 3.78. The van der Waals surface area contributed by atoms with Crippen LogP contribution in [0.1, 0.15) is 34.3 Å². The molecule has 2 unspecified atom stereocenters. The molecule has 2 nitrogen and oxygen atoms in total. The van der Waals surface area contributed by atoms with E-state index in [2.05, 4.69) is 6.07 Å². The Morgan fingerprint density at radius 3 is 2.93 bits per heavy atom. The number of rotatable bonds is 1. The van der Waals surface area contributed by atoms with Crippen molar-refractivity contribution in [1.29, 1.82) is 0 Å². The lowest BCUT2D eigenvalue weighted by Gasteiger charge is -2.08. The van der Waals surface area contributed by atoms with Crippen LogP contribution in [0.15, 0.2) is 18.2 Å². The molecular weight excluding hydrogens is 174 g/mol. The maximum Gasteiger partial charge on any atom is 0.150 e. The van der Waals surface area contributed by atoms with E-state index in [9.17, 15) is 4.79 Å². The van der Waals surface area contributed by atoms with Crippen LogP contribution in [0.5, 0.6) is 0 Å². The molecule has 0 saturated heterocycles. The average molecular weight is 187 g/mol. The van der Waals surface area contributed by atoms with E-state index in [1.165, 1.54) is 17.5 Å². The Balaban J connectivity index is 2.10. The quantitative estimate of drug-likeness (QED) is 0.675. The third-order valence-electron chi connectivity index (χ3n) is 3.78. The number of aryl methyl sites for hydroxylation is 1. The van der Waals surface area contributed by atoms with Crippen LogP contribution in [0.2, 0.25) is 0 Å². The van der Waals surface area contributed by atoms with Crippen molar-refractivity contribution in [3.05, 3.63) is 34.9 Å². The highest BCUT2D eigenvalue weighted by Crippen LogP contribution is 2.55. The van der Waals surface area contributed by atoms with E-state index in [0.29, 0.717) is 6.04 Å². The third kappa shape index (κ3) is 0.867. The van der Waals surface area contributed by atoms with Gasteiger partial charge >= 0.3 is 0 Å². The molecule has 2 N–H and O–H groups in total. The molecule has 1 fully saturated rings. The second kappa shape index (κ2) is 2.45. The summed E-state index contributed by atoms with van der Waals surface area (Å²) in [6.07, 6.45) is 4.30. The van der Waals surface area contributed by atoms with Gasteiger partial charge in [0.25, 0.3) is 0 Å². The van der Waals surface area contributed by atoms with Gasteiger partial charge in [-0.15, -0.1) is 0 Å². The first-order valence-corrected chi connectivity index (χ1v) is 5.10. The first-order chi connectivity index (χ1) is 6.76. The Bertz CT molecular complexity index is 413. The molecule has 2 atom stereocenters. The normalized spacial score (nSPS) is 33.1. The molecule has 0 aliphatic heterocycles. The lowest BCUT2D eigenvalue weighted by atomic mass is 9.96. The van der Waals surface area contributed by atoms with Gasteiger partial charge in [0, 0.05) is 17.0 Å². The zero-order valence-corrected chi connectivity index (χ0v) is 7.99. The molecular formula is C12H13NO. The van der Waals surface area contributed by atoms with Crippen LogP contribution in [0.3, 0.4) is 0 Å². The van der Waals surface area contributed by atoms with E-state index < -0.39 is 0 Å². The van der Waals surface area contributed by atoms with Crippen molar-refractivity contribution < 1.29 is 4.79 Å². The molecule has 0 heterocycles. The van der Waals surface area contributed by atoms with E-state index in [-0.39, 0.29) is 5.41 Å². The minimum atomic E-state index is 0.288. The second-order valence-electron chi connectivity index (χ2n) is 4.50. The van der Waals surface area contributed by atoms with Gasteiger partial charge in [0.2, 0.25) is 0 Å². The van der Waals surface area contributed by atoms with Crippen molar-refractivity contribution in [3.63, 3.8) is 0 Å². The van der Waals surface area contributed by atoms with Gasteiger partial charge in [-0.05, 0) is 36.5 Å². The predicted molar refractivity (Wildman–Crippen MR) is 54.4 cm³/mol. The Hall–Kier alpha value is -1.15. The molecule has 2 heteroatoms. The number of carbonyl (C=O) groups excluding carboxylic acids is 1. The van der Waals surface area contributed by atoms with Gasteiger partial charge in [-0.1, -0.05) is 12.1 Å². The largest absolute Gasteiger partial charge is 0.327 e. The Morgan fingerprint density at radius 2 is 2.29 bits per heavy atom. The average Bonchev–Trinajstić information content (AvgIpc) is 2.71. The minimum Gasteiger partial charge on any atom is -0.327 e. The number of carbonyl (C=O) groups is 1. The summed E-state index contributed by atoms with van der Waals surface area (Å²) in [5.41, 5.74) is 9.79. The Kier molecular flexibility index (Phi) is 1.43. The van der Waals surface area contributed by atoms with E-state index in [1.54, 1.807) is 0 Å². The van der Waals surface area contributed by atoms with Crippen LogP contribution in [0, 0.1) is 0 Å². The monoisotopic (exact) mass is 187 g/mol. The van der Waals surface area contributed by atoms with Crippen LogP contribution in [0.4, 0.5) is 0 Å². The summed E-state index contributed by atoms with van der Waals surface area (Å²) < 4.78 is 0. The molecule has 3 rings (SSSR count). The number of aldehydes is 1. The summed E-state index contributed by atoms with van der Waals surface area (Å²) in [7, 11) is 0. The van der Waals surface area contributed by atoms with Gasteiger partial charge in [-0.3, -0.25) is 4.79 Å². The molecule has 0 amide bonds. The molecule has 72 valence electrons. The fraction of sp³-hybridized carbons (Fsp3) is 0.417. The molecule has 1 saturated carbocycles. The van der Waals surface area contributed by atoms with Crippen molar-refractivity contribution in [3.8, 4) is 0 Å². The maximum atomic E-state index is 10.6. The number of fused-ring (bicyclic) bond motifs is 2. The highest BCUT2D eigenvalue weighted by Gasteiger charge is 2.55. The minimum absolute atomic E-state index is 0.288. The zero-order valence-electron chi connectivity index (χ0n) is 7.99. The zero-order chi connectivity index (χ0) is 9.76. The highest BCUT2D eigenvalue weighted by molar-refractivity contribution is 5.75. The van der Waals surface area contributed by atoms with Gasteiger partial charge in [-0.25, -0.2) is 0 Å². The van der Waals surface area contributed by atoms with Crippen LogP contribution >= 0.6 is 0 Å². The molecule has 1 spiro atoms. The first-order valence-electron chi connectivity index (χ1n) is 5.10. The van der Waals surface area contributed by atoms with Crippen LogP contribution in [0.25, 0.3) is 0 Å². The van der Waals surface area contributed by atoms with Crippen molar-refractivity contribution in [2.75, 3.05) is 0 Å². The number of hydrogen-bond acceptors (Lipinski definition) is 2. The van der Waals surface area contributed by atoms with E-state index in [0.717, 1.165) is 24.7 Å². The van der Waals surface area contributed by atoms with Crippen molar-refractivity contribution >= 4 is 6.29 Å². The topological polar surface area (TPSA) is 43.1 Å². The van der Waals surface area contributed by atoms with Gasteiger partial charge in [0.15, 0.2) is 0 Å². The first kappa shape index (κ1) is 8.18. The molecule has 0 radical (unpaired) electrons. The SMILES string of the molecule is NC1CC12CCc1cc(C=O)ccc12. The molecule has 0 aromatic heterocycles. The molecule has 14 heavy (non-hydrogen) atoms. The predicted octanol–water partition coefficient (Wildman–Crippen LogP) is 1.41. The molecule has 2 aliphatic rings. The van der Waals surface area contributed by atoms with Crippen molar-refractivity contribution in [2.24, 2.45) is 5.73 Å². The van der Waals surface area contributed by atoms with Crippen LogP contribution in [-0.2, 0) is 11.8 Å². The van der Waals surface area contributed by atoms with Crippen molar-refractivity contribution in [1.82, 2.24) is 0 Å². The van der Waals surface area contributed by atoms with Gasteiger partial charge < -0.3 is 5.73 Å². The summed E-state index contributed by atoms with van der Waals surface area (Å²) in [6.45, 7) is 0. The molecule has 2 aliphatic carbocycles. The molecule has 1 aromatic rings.